The summed E-state index contributed by atoms with van der Waals surface area (Å²) in [6.07, 6.45) is 0. The van der Waals surface area contributed by atoms with Gasteiger partial charge in [-0.15, -0.1) is 0 Å². The first-order valence-electron chi connectivity index (χ1n) is 7.21. The quantitative estimate of drug-likeness (QED) is 0.719. The van der Waals surface area contributed by atoms with E-state index in [9.17, 15) is 4.39 Å². The summed E-state index contributed by atoms with van der Waals surface area (Å²) in [6.45, 7) is 8.74. The Balaban J connectivity index is 1.84. The molecular formula is C15H23FN3OS+. The summed E-state index contributed by atoms with van der Waals surface area (Å²) in [5, 5.41) is 6.53. The normalized spacial score (nSPS) is 16.5. The first-order chi connectivity index (χ1) is 9.99. The molecule has 21 heavy (non-hydrogen) atoms. The number of benzene rings is 1. The van der Waals surface area contributed by atoms with Gasteiger partial charge in [-0.25, -0.2) is 4.39 Å². The Morgan fingerprint density at radius 2 is 2.00 bits per heavy atom. The maximum absolute atomic E-state index is 13.5. The summed E-state index contributed by atoms with van der Waals surface area (Å²) in [4.78, 5) is 1.50. The van der Waals surface area contributed by atoms with Crippen LogP contribution in [0.2, 0.25) is 0 Å². The fraction of sp³-hybridized carbons (Fsp3) is 0.533. The van der Waals surface area contributed by atoms with Crippen molar-refractivity contribution in [3.05, 3.63) is 30.1 Å². The summed E-state index contributed by atoms with van der Waals surface area (Å²) in [5.74, 6) is -0.306. The summed E-state index contributed by atoms with van der Waals surface area (Å²) in [7, 11) is 0. The molecule has 0 bridgehead atoms. The van der Waals surface area contributed by atoms with Crippen molar-refractivity contribution < 1.29 is 14.0 Å². The third-order valence-electron chi connectivity index (χ3n) is 3.87. The van der Waals surface area contributed by atoms with Gasteiger partial charge in [0.1, 0.15) is 24.4 Å². The number of anilines is 1. The molecule has 0 atom stereocenters. The van der Waals surface area contributed by atoms with Gasteiger partial charge in [0, 0.05) is 0 Å². The topological polar surface area (TPSA) is 37.7 Å². The molecule has 4 nitrogen and oxygen atoms in total. The number of rotatable bonds is 4. The van der Waals surface area contributed by atoms with Crippen molar-refractivity contribution in [2.75, 3.05) is 38.2 Å². The van der Waals surface area contributed by atoms with Gasteiger partial charge in [0.2, 0.25) is 0 Å². The SMILES string of the molecule is CC(C)(CNC(=S)Nc1ccccc1F)[NH+]1CCOCC1. The van der Waals surface area contributed by atoms with Crippen molar-refractivity contribution in [2.45, 2.75) is 19.4 Å². The number of quaternary nitrogens is 1. The van der Waals surface area contributed by atoms with Crippen LogP contribution in [0.25, 0.3) is 0 Å². The molecule has 3 N–H and O–H groups in total. The van der Waals surface area contributed by atoms with Crippen LogP contribution in [0.5, 0.6) is 0 Å². The molecule has 0 amide bonds. The van der Waals surface area contributed by atoms with Crippen LogP contribution in [0.4, 0.5) is 10.1 Å². The summed E-state index contributed by atoms with van der Waals surface area (Å²) < 4.78 is 18.9. The zero-order valence-electron chi connectivity index (χ0n) is 12.5. The molecule has 0 aliphatic carbocycles. The number of hydrogen-bond acceptors (Lipinski definition) is 2. The number of thiocarbonyl (C=S) groups is 1. The van der Waals surface area contributed by atoms with Crippen molar-refractivity contribution in [1.29, 1.82) is 0 Å². The van der Waals surface area contributed by atoms with Gasteiger partial charge >= 0.3 is 0 Å². The Morgan fingerprint density at radius 3 is 2.67 bits per heavy atom. The molecule has 1 aromatic carbocycles. The minimum absolute atomic E-state index is 0.0464. The van der Waals surface area contributed by atoms with E-state index in [1.54, 1.807) is 18.2 Å². The van der Waals surface area contributed by atoms with Gasteiger partial charge in [-0.05, 0) is 38.2 Å². The predicted molar refractivity (Wildman–Crippen MR) is 86.2 cm³/mol. The van der Waals surface area contributed by atoms with Gasteiger partial charge < -0.3 is 20.3 Å². The maximum Gasteiger partial charge on any atom is 0.171 e. The highest BCUT2D eigenvalue weighted by Crippen LogP contribution is 2.11. The molecule has 0 saturated carbocycles. The number of ether oxygens (including phenoxy) is 1. The summed E-state index contributed by atoms with van der Waals surface area (Å²) in [6, 6.07) is 6.51. The lowest BCUT2D eigenvalue weighted by Crippen LogP contribution is -3.22. The fourth-order valence-electron chi connectivity index (χ4n) is 2.45. The zero-order chi connectivity index (χ0) is 15.3. The van der Waals surface area contributed by atoms with E-state index in [1.165, 1.54) is 11.0 Å². The minimum Gasteiger partial charge on any atom is -0.370 e. The van der Waals surface area contributed by atoms with Crippen molar-refractivity contribution in [3.63, 3.8) is 0 Å². The van der Waals surface area contributed by atoms with E-state index in [2.05, 4.69) is 24.5 Å². The molecule has 0 spiro atoms. The van der Waals surface area contributed by atoms with E-state index < -0.39 is 0 Å². The van der Waals surface area contributed by atoms with E-state index >= 15 is 0 Å². The molecule has 1 aliphatic heterocycles. The van der Waals surface area contributed by atoms with Gasteiger partial charge in [-0.3, -0.25) is 0 Å². The lowest BCUT2D eigenvalue weighted by molar-refractivity contribution is -0.954. The third-order valence-corrected chi connectivity index (χ3v) is 4.11. The molecule has 1 aromatic rings. The van der Waals surface area contributed by atoms with E-state index in [0.717, 1.165) is 32.8 Å². The molecule has 1 saturated heterocycles. The number of halogens is 1. The monoisotopic (exact) mass is 312 g/mol. The molecular weight excluding hydrogens is 289 g/mol. The average Bonchev–Trinajstić information content (AvgIpc) is 2.49. The van der Waals surface area contributed by atoms with Crippen LogP contribution in [-0.4, -0.2) is 43.5 Å². The van der Waals surface area contributed by atoms with Crippen LogP contribution in [0.15, 0.2) is 24.3 Å². The van der Waals surface area contributed by atoms with E-state index in [0.29, 0.717) is 10.8 Å². The van der Waals surface area contributed by atoms with Crippen molar-refractivity contribution in [3.8, 4) is 0 Å². The van der Waals surface area contributed by atoms with Crippen molar-refractivity contribution in [1.82, 2.24) is 5.32 Å². The van der Waals surface area contributed by atoms with Crippen LogP contribution in [0, 0.1) is 5.82 Å². The summed E-state index contributed by atoms with van der Waals surface area (Å²) >= 11 is 5.24. The highest BCUT2D eigenvalue weighted by molar-refractivity contribution is 7.80. The number of para-hydroxylation sites is 1. The number of nitrogens with one attached hydrogen (secondary N) is 3. The van der Waals surface area contributed by atoms with Crippen molar-refractivity contribution in [2.24, 2.45) is 0 Å². The zero-order valence-corrected chi connectivity index (χ0v) is 13.4. The van der Waals surface area contributed by atoms with Gasteiger partial charge in [-0.1, -0.05) is 12.1 Å². The van der Waals surface area contributed by atoms with Crippen LogP contribution in [0.3, 0.4) is 0 Å². The van der Waals surface area contributed by atoms with Gasteiger partial charge in [0.15, 0.2) is 5.11 Å². The van der Waals surface area contributed by atoms with Crippen LogP contribution in [0.1, 0.15) is 13.8 Å². The second kappa shape index (κ2) is 7.15. The smallest absolute Gasteiger partial charge is 0.171 e. The Hall–Kier alpha value is -1.24. The van der Waals surface area contributed by atoms with E-state index in [-0.39, 0.29) is 11.4 Å². The first kappa shape index (κ1) is 16.1. The van der Waals surface area contributed by atoms with Crippen LogP contribution < -0.4 is 15.5 Å². The molecule has 1 aliphatic rings. The van der Waals surface area contributed by atoms with E-state index in [4.69, 9.17) is 17.0 Å². The largest absolute Gasteiger partial charge is 0.370 e. The Kier molecular flexibility index (Phi) is 5.50. The Labute approximate surface area is 130 Å². The first-order valence-corrected chi connectivity index (χ1v) is 7.62. The molecule has 116 valence electrons. The van der Waals surface area contributed by atoms with Crippen LogP contribution in [-0.2, 0) is 4.74 Å². The number of morpholine rings is 1. The Bertz CT molecular complexity index is 490. The standard InChI is InChI=1S/C15H22FN3OS/c1-15(2,19-7-9-20-10-8-19)11-17-14(21)18-13-6-4-3-5-12(13)16/h3-6H,7-11H2,1-2H3,(H2,17,18,21)/p+1. The molecule has 0 unspecified atom stereocenters. The molecule has 6 heteroatoms. The molecule has 0 radical (unpaired) electrons. The highest BCUT2D eigenvalue weighted by Gasteiger charge is 2.32. The molecule has 1 heterocycles. The van der Waals surface area contributed by atoms with Gasteiger partial charge in [0.25, 0.3) is 0 Å². The maximum atomic E-state index is 13.5. The second-order valence-corrected chi connectivity index (χ2v) is 6.30. The highest BCUT2D eigenvalue weighted by atomic mass is 32.1. The molecule has 1 fully saturated rings. The molecule has 2 rings (SSSR count). The minimum atomic E-state index is -0.306. The van der Waals surface area contributed by atoms with Crippen LogP contribution >= 0.6 is 12.2 Å². The fourth-order valence-corrected chi connectivity index (χ4v) is 2.63. The summed E-state index contributed by atoms with van der Waals surface area (Å²) in [5.41, 5.74) is 0.441. The van der Waals surface area contributed by atoms with E-state index in [1.807, 2.05) is 0 Å². The van der Waals surface area contributed by atoms with Gasteiger partial charge in [0.05, 0.1) is 25.4 Å². The molecule has 0 aromatic heterocycles. The second-order valence-electron chi connectivity index (χ2n) is 5.89. The van der Waals surface area contributed by atoms with Gasteiger partial charge in [-0.2, -0.15) is 0 Å². The predicted octanol–water partition coefficient (Wildman–Crippen LogP) is 0.806. The lowest BCUT2D eigenvalue weighted by Gasteiger charge is -2.37. The Morgan fingerprint density at radius 1 is 1.33 bits per heavy atom. The average molecular weight is 312 g/mol. The number of hydrogen-bond donors (Lipinski definition) is 3. The lowest BCUT2D eigenvalue weighted by atomic mass is 10.0. The third kappa shape index (κ3) is 4.62. The van der Waals surface area contributed by atoms with Crippen molar-refractivity contribution >= 4 is 23.0 Å².